The number of aryl methyl sites for hydroxylation is 1. The molecule has 25 heavy (non-hydrogen) atoms. The molecule has 1 saturated carbocycles. The highest BCUT2D eigenvalue weighted by atomic mass is 16.4. The minimum atomic E-state index is -0.716. The maximum absolute atomic E-state index is 11.6. The van der Waals surface area contributed by atoms with Gasteiger partial charge < -0.3 is 9.52 Å². The van der Waals surface area contributed by atoms with Crippen molar-refractivity contribution in [1.29, 1.82) is 0 Å². The number of piperidine rings is 1. The van der Waals surface area contributed by atoms with Crippen molar-refractivity contribution in [3.8, 4) is 0 Å². The summed E-state index contributed by atoms with van der Waals surface area (Å²) >= 11 is 0. The third-order valence-corrected chi connectivity index (χ3v) is 6.02. The minimum Gasteiger partial charge on any atom is -0.424 e. The molecular formula is C20H27N3O2. The molecule has 1 aromatic heterocycles. The van der Waals surface area contributed by atoms with Crippen molar-refractivity contribution in [1.82, 2.24) is 15.1 Å². The van der Waals surface area contributed by atoms with Gasteiger partial charge in [-0.25, -0.2) is 0 Å². The van der Waals surface area contributed by atoms with Crippen LogP contribution in [0, 0.1) is 5.92 Å². The van der Waals surface area contributed by atoms with Gasteiger partial charge in [-0.15, -0.1) is 10.2 Å². The van der Waals surface area contributed by atoms with Crippen molar-refractivity contribution in [2.24, 2.45) is 5.92 Å². The van der Waals surface area contributed by atoms with Gasteiger partial charge in [0.1, 0.15) is 0 Å². The fourth-order valence-corrected chi connectivity index (χ4v) is 4.72. The highest BCUT2D eigenvalue weighted by molar-refractivity contribution is 5.25. The number of hydrogen-bond donors (Lipinski definition) is 1. The molecule has 2 aliphatic rings. The molecule has 5 heteroatoms. The number of likely N-dealkylation sites (tertiary alicyclic amines) is 1. The van der Waals surface area contributed by atoms with Gasteiger partial charge in [0.05, 0.1) is 12.1 Å². The smallest absolute Gasteiger partial charge is 0.230 e. The molecule has 2 fully saturated rings. The lowest BCUT2D eigenvalue weighted by Crippen LogP contribution is -2.57. The lowest BCUT2D eigenvalue weighted by molar-refractivity contribution is -0.124. The average molecular weight is 341 g/mol. The van der Waals surface area contributed by atoms with Gasteiger partial charge in [-0.2, -0.15) is 0 Å². The molecule has 0 spiro atoms. The predicted octanol–water partition coefficient (Wildman–Crippen LogP) is 3.28. The standard InChI is InChI=1S/C20H27N3O2/c1-2-18-21-22-19(25-18)14-23-13-12-20(24,15-8-4-3-5-9-15)16-10-6-7-11-17(16)23/h3-5,8-9,16-17,24H,2,6-7,10-14H2,1H3/t16-,17-,20+/m1/s1. The van der Waals surface area contributed by atoms with Crippen LogP contribution in [0.2, 0.25) is 0 Å². The van der Waals surface area contributed by atoms with E-state index in [1.165, 1.54) is 12.8 Å². The molecule has 5 nitrogen and oxygen atoms in total. The summed E-state index contributed by atoms with van der Waals surface area (Å²) in [7, 11) is 0. The first kappa shape index (κ1) is 16.7. The van der Waals surface area contributed by atoms with Crippen LogP contribution in [0.5, 0.6) is 0 Å². The zero-order chi connectivity index (χ0) is 17.3. The normalized spacial score (nSPS) is 30.2. The molecule has 0 amide bonds. The Morgan fingerprint density at radius 1 is 1.16 bits per heavy atom. The summed E-state index contributed by atoms with van der Waals surface area (Å²) < 4.78 is 5.73. The first-order valence-electron chi connectivity index (χ1n) is 9.54. The van der Waals surface area contributed by atoms with Crippen LogP contribution in [-0.2, 0) is 18.6 Å². The number of aliphatic hydroxyl groups is 1. The van der Waals surface area contributed by atoms with E-state index in [0.717, 1.165) is 37.8 Å². The maximum Gasteiger partial charge on any atom is 0.230 e. The topological polar surface area (TPSA) is 62.4 Å². The average Bonchev–Trinajstić information content (AvgIpc) is 3.13. The molecule has 0 unspecified atom stereocenters. The molecule has 134 valence electrons. The second-order valence-electron chi connectivity index (χ2n) is 7.41. The summed E-state index contributed by atoms with van der Waals surface area (Å²) in [6, 6.07) is 10.6. The molecule has 1 aromatic carbocycles. The molecule has 1 saturated heterocycles. The summed E-state index contributed by atoms with van der Waals surface area (Å²) in [6.45, 7) is 3.57. The third kappa shape index (κ3) is 3.11. The van der Waals surface area contributed by atoms with E-state index in [1.807, 2.05) is 25.1 Å². The summed E-state index contributed by atoms with van der Waals surface area (Å²) in [4.78, 5) is 2.45. The summed E-state index contributed by atoms with van der Waals surface area (Å²) in [6.07, 6.45) is 6.17. The molecule has 0 bridgehead atoms. The zero-order valence-corrected chi connectivity index (χ0v) is 14.9. The van der Waals surface area contributed by atoms with E-state index < -0.39 is 5.60 Å². The van der Waals surface area contributed by atoms with Gasteiger partial charge in [-0.1, -0.05) is 50.1 Å². The number of aromatic nitrogens is 2. The molecule has 3 atom stereocenters. The second-order valence-corrected chi connectivity index (χ2v) is 7.41. The second kappa shape index (κ2) is 6.89. The number of benzene rings is 1. The molecule has 1 aliphatic heterocycles. The fourth-order valence-electron chi connectivity index (χ4n) is 4.72. The van der Waals surface area contributed by atoms with Gasteiger partial charge in [0.25, 0.3) is 0 Å². The van der Waals surface area contributed by atoms with Crippen molar-refractivity contribution < 1.29 is 9.52 Å². The zero-order valence-electron chi connectivity index (χ0n) is 14.9. The molecule has 1 N–H and O–H groups in total. The van der Waals surface area contributed by atoms with Crippen LogP contribution in [0.4, 0.5) is 0 Å². The SMILES string of the molecule is CCc1nnc(CN2CC[C@](O)(c3ccccc3)[C@@H]3CCCC[C@H]32)o1. The Morgan fingerprint density at radius 3 is 2.68 bits per heavy atom. The van der Waals surface area contributed by atoms with Crippen molar-refractivity contribution in [2.75, 3.05) is 6.54 Å². The highest BCUT2D eigenvalue weighted by Crippen LogP contribution is 2.47. The van der Waals surface area contributed by atoms with E-state index in [0.29, 0.717) is 24.4 Å². The van der Waals surface area contributed by atoms with Gasteiger partial charge in [-0.05, 0) is 24.8 Å². The number of fused-ring (bicyclic) bond motifs is 1. The van der Waals surface area contributed by atoms with Gasteiger partial charge in [0.15, 0.2) is 0 Å². The summed E-state index contributed by atoms with van der Waals surface area (Å²) in [5.74, 6) is 1.67. The van der Waals surface area contributed by atoms with Crippen LogP contribution in [0.25, 0.3) is 0 Å². The monoisotopic (exact) mass is 341 g/mol. The Kier molecular flexibility index (Phi) is 4.61. The first-order chi connectivity index (χ1) is 12.2. The summed E-state index contributed by atoms with van der Waals surface area (Å²) in [5, 5.41) is 19.9. The Hall–Kier alpha value is -1.72. The Labute approximate surface area is 149 Å². The van der Waals surface area contributed by atoms with Crippen molar-refractivity contribution in [2.45, 2.75) is 63.6 Å². The van der Waals surface area contributed by atoms with Crippen LogP contribution >= 0.6 is 0 Å². The van der Waals surface area contributed by atoms with Crippen molar-refractivity contribution in [3.63, 3.8) is 0 Å². The molecule has 2 heterocycles. The Morgan fingerprint density at radius 2 is 1.92 bits per heavy atom. The van der Waals surface area contributed by atoms with Gasteiger partial charge >= 0.3 is 0 Å². The van der Waals surface area contributed by atoms with E-state index in [-0.39, 0.29) is 5.92 Å². The Bertz CT molecular complexity index is 702. The number of nitrogens with zero attached hydrogens (tertiary/aromatic N) is 3. The van der Waals surface area contributed by atoms with E-state index in [4.69, 9.17) is 4.42 Å². The van der Waals surface area contributed by atoms with Crippen molar-refractivity contribution >= 4 is 0 Å². The van der Waals surface area contributed by atoms with Crippen LogP contribution in [0.3, 0.4) is 0 Å². The van der Waals surface area contributed by atoms with Crippen LogP contribution in [-0.4, -0.2) is 32.8 Å². The Balaban J connectivity index is 1.57. The quantitative estimate of drug-likeness (QED) is 0.924. The van der Waals surface area contributed by atoms with E-state index in [1.54, 1.807) is 0 Å². The van der Waals surface area contributed by atoms with Gasteiger partial charge in [0.2, 0.25) is 11.8 Å². The molecule has 1 aliphatic carbocycles. The maximum atomic E-state index is 11.6. The first-order valence-corrected chi connectivity index (χ1v) is 9.54. The highest BCUT2D eigenvalue weighted by Gasteiger charge is 2.49. The lowest BCUT2D eigenvalue weighted by atomic mass is 9.66. The fraction of sp³-hybridized carbons (Fsp3) is 0.600. The number of hydrogen-bond acceptors (Lipinski definition) is 5. The van der Waals surface area contributed by atoms with Gasteiger partial charge in [-0.3, -0.25) is 4.90 Å². The molecular weight excluding hydrogens is 314 g/mol. The van der Waals surface area contributed by atoms with E-state index in [2.05, 4.69) is 27.2 Å². The predicted molar refractivity (Wildman–Crippen MR) is 94.8 cm³/mol. The molecule has 0 radical (unpaired) electrons. The van der Waals surface area contributed by atoms with Crippen LogP contribution in [0.15, 0.2) is 34.7 Å². The molecule has 4 rings (SSSR count). The van der Waals surface area contributed by atoms with Crippen LogP contribution < -0.4 is 0 Å². The largest absolute Gasteiger partial charge is 0.424 e. The summed E-state index contributed by atoms with van der Waals surface area (Å²) in [5.41, 5.74) is 0.351. The lowest BCUT2D eigenvalue weighted by Gasteiger charge is -2.52. The van der Waals surface area contributed by atoms with Crippen LogP contribution in [0.1, 0.15) is 56.4 Å². The third-order valence-electron chi connectivity index (χ3n) is 6.02. The van der Waals surface area contributed by atoms with Gasteiger partial charge in [0, 0.05) is 24.9 Å². The number of rotatable bonds is 4. The van der Waals surface area contributed by atoms with E-state index >= 15 is 0 Å². The molecule has 2 aromatic rings. The van der Waals surface area contributed by atoms with Crippen molar-refractivity contribution in [3.05, 3.63) is 47.7 Å². The van der Waals surface area contributed by atoms with E-state index in [9.17, 15) is 5.11 Å². The minimum absolute atomic E-state index is 0.269.